The maximum atomic E-state index is 12.1. The number of carbonyl (C=O) groups excluding carboxylic acids is 2. The zero-order valence-corrected chi connectivity index (χ0v) is 9.78. The Labute approximate surface area is 96.5 Å². The Balaban J connectivity index is 2.00. The van der Waals surface area contributed by atoms with Crippen molar-refractivity contribution in [2.24, 2.45) is 17.3 Å². The molecule has 2 rings (SSSR count). The van der Waals surface area contributed by atoms with Crippen LogP contribution in [0.1, 0.15) is 39.0 Å². The van der Waals surface area contributed by atoms with E-state index in [2.05, 4.69) is 6.92 Å². The number of ether oxygens (including phenoxy) is 1. The molecule has 3 unspecified atom stereocenters. The highest BCUT2D eigenvalue weighted by atomic mass is 16.5. The van der Waals surface area contributed by atoms with E-state index < -0.39 is 5.41 Å². The Bertz CT molecular complexity index is 287. The summed E-state index contributed by atoms with van der Waals surface area (Å²) in [5, 5.41) is 0. The minimum absolute atomic E-state index is 0.144. The van der Waals surface area contributed by atoms with E-state index in [0.717, 1.165) is 38.4 Å². The molecule has 0 aromatic heterocycles. The van der Waals surface area contributed by atoms with Crippen LogP contribution in [0.2, 0.25) is 0 Å². The molecule has 0 N–H and O–H groups in total. The highest BCUT2D eigenvalue weighted by Crippen LogP contribution is 2.56. The van der Waals surface area contributed by atoms with Crippen molar-refractivity contribution in [2.45, 2.75) is 39.0 Å². The van der Waals surface area contributed by atoms with Crippen LogP contribution < -0.4 is 0 Å². The fourth-order valence-corrected chi connectivity index (χ4v) is 3.01. The molecule has 16 heavy (non-hydrogen) atoms. The van der Waals surface area contributed by atoms with Gasteiger partial charge in [0.25, 0.3) is 0 Å². The SMILES string of the molecule is CCCCOC(=O)C12CCC([CH]C1C=O)C2. The number of esters is 1. The lowest BCUT2D eigenvalue weighted by Gasteiger charge is -2.29. The van der Waals surface area contributed by atoms with Gasteiger partial charge in [-0.25, -0.2) is 0 Å². The largest absolute Gasteiger partial charge is 0.465 e. The number of hydrogen-bond acceptors (Lipinski definition) is 3. The second kappa shape index (κ2) is 4.56. The zero-order valence-electron chi connectivity index (χ0n) is 9.78. The molecule has 0 heterocycles. The van der Waals surface area contributed by atoms with Crippen molar-refractivity contribution in [2.75, 3.05) is 6.61 Å². The van der Waals surface area contributed by atoms with Gasteiger partial charge >= 0.3 is 5.97 Å². The molecule has 0 aromatic carbocycles. The molecule has 2 bridgehead atoms. The van der Waals surface area contributed by atoms with Crippen LogP contribution in [0.5, 0.6) is 0 Å². The standard InChI is InChI=1S/C13H19O3/c1-2-3-6-16-12(15)13-5-4-10(8-13)7-11(13)9-14/h7,9-11H,2-6,8H2,1H3. The number of hydrogen-bond donors (Lipinski definition) is 0. The van der Waals surface area contributed by atoms with Crippen LogP contribution in [0.25, 0.3) is 0 Å². The average molecular weight is 223 g/mol. The first kappa shape index (κ1) is 11.6. The molecule has 0 aromatic rings. The van der Waals surface area contributed by atoms with E-state index in [9.17, 15) is 9.59 Å². The minimum atomic E-state index is -0.500. The summed E-state index contributed by atoms with van der Waals surface area (Å²) in [6.45, 7) is 2.56. The molecule has 2 fully saturated rings. The number of carbonyl (C=O) groups is 2. The lowest BCUT2D eigenvalue weighted by Crippen LogP contribution is -2.37. The number of unbranched alkanes of at least 4 members (excludes halogenated alkanes) is 1. The Morgan fingerprint density at radius 1 is 1.62 bits per heavy atom. The van der Waals surface area contributed by atoms with E-state index in [1.165, 1.54) is 0 Å². The van der Waals surface area contributed by atoms with Gasteiger partial charge < -0.3 is 9.53 Å². The van der Waals surface area contributed by atoms with Gasteiger partial charge in [-0.2, -0.15) is 0 Å². The Morgan fingerprint density at radius 2 is 2.44 bits per heavy atom. The molecule has 89 valence electrons. The van der Waals surface area contributed by atoms with Crippen molar-refractivity contribution in [1.29, 1.82) is 0 Å². The third-order valence-electron chi connectivity index (χ3n) is 3.99. The van der Waals surface area contributed by atoms with Crippen molar-refractivity contribution in [3.05, 3.63) is 6.42 Å². The molecule has 2 aliphatic carbocycles. The van der Waals surface area contributed by atoms with Crippen LogP contribution in [0.4, 0.5) is 0 Å². The molecule has 2 saturated carbocycles. The molecule has 0 amide bonds. The Kier molecular flexibility index (Phi) is 3.31. The summed E-state index contributed by atoms with van der Waals surface area (Å²) in [6, 6.07) is 0. The van der Waals surface area contributed by atoms with Gasteiger partial charge in [0.2, 0.25) is 0 Å². The molecular weight excluding hydrogens is 204 g/mol. The van der Waals surface area contributed by atoms with Crippen molar-refractivity contribution in [3.63, 3.8) is 0 Å². The minimum Gasteiger partial charge on any atom is -0.465 e. The normalized spacial score (nSPS) is 36.3. The Hall–Kier alpha value is -0.860. The van der Waals surface area contributed by atoms with Crippen LogP contribution in [-0.2, 0) is 14.3 Å². The second-order valence-corrected chi connectivity index (χ2v) is 5.00. The molecule has 1 radical (unpaired) electrons. The number of fused-ring (bicyclic) bond motifs is 2. The molecular formula is C13H19O3. The van der Waals surface area contributed by atoms with Crippen LogP contribution in [0.3, 0.4) is 0 Å². The monoisotopic (exact) mass is 223 g/mol. The molecule has 3 atom stereocenters. The highest BCUT2D eigenvalue weighted by Gasteiger charge is 2.57. The molecule has 0 aliphatic heterocycles. The van der Waals surface area contributed by atoms with Crippen molar-refractivity contribution < 1.29 is 14.3 Å². The first-order valence-electron chi connectivity index (χ1n) is 6.20. The van der Waals surface area contributed by atoms with E-state index in [1.54, 1.807) is 0 Å². The van der Waals surface area contributed by atoms with Crippen molar-refractivity contribution >= 4 is 12.3 Å². The third-order valence-corrected chi connectivity index (χ3v) is 3.99. The van der Waals surface area contributed by atoms with Crippen LogP contribution in [-0.4, -0.2) is 18.9 Å². The van der Waals surface area contributed by atoms with Gasteiger partial charge in [0.1, 0.15) is 6.29 Å². The molecule has 3 nitrogen and oxygen atoms in total. The van der Waals surface area contributed by atoms with Gasteiger partial charge in [0.05, 0.1) is 12.0 Å². The number of rotatable bonds is 5. The van der Waals surface area contributed by atoms with Crippen LogP contribution >= 0.6 is 0 Å². The summed E-state index contributed by atoms with van der Waals surface area (Å²) in [6.07, 6.45) is 7.56. The molecule has 0 spiro atoms. The predicted molar refractivity (Wildman–Crippen MR) is 59.5 cm³/mol. The topological polar surface area (TPSA) is 43.4 Å². The Morgan fingerprint density at radius 3 is 3.06 bits per heavy atom. The highest BCUT2D eigenvalue weighted by molar-refractivity contribution is 5.83. The summed E-state index contributed by atoms with van der Waals surface area (Å²) in [5.74, 6) is 0.101. The lowest BCUT2D eigenvalue weighted by molar-refractivity contribution is -0.158. The first-order chi connectivity index (χ1) is 7.73. The first-order valence-corrected chi connectivity index (χ1v) is 6.20. The summed E-state index contributed by atoms with van der Waals surface area (Å²) in [7, 11) is 0. The molecule has 3 heteroatoms. The van der Waals surface area contributed by atoms with Gasteiger partial charge in [-0.3, -0.25) is 4.79 Å². The van der Waals surface area contributed by atoms with E-state index in [1.807, 2.05) is 6.42 Å². The van der Waals surface area contributed by atoms with E-state index >= 15 is 0 Å². The third kappa shape index (κ3) is 1.76. The van der Waals surface area contributed by atoms with Gasteiger partial charge in [-0.1, -0.05) is 13.3 Å². The van der Waals surface area contributed by atoms with Crippen molar-refractivity contribution in [1.82, 2.24) is 0 Å². The van der Waals surface area contributed by atoms with E-state index in [-0.39, 0.29) is 11.9 Å². The number of aldehydes is 1. The van der Waals surface area contributed by atoms with Gasteiger partial charge in [0, 0.05) is 5.92 Å². The summed E-state index contributed by atoms with van der Waals surface area (Å²) in [5.41, 5.74) is -0.500. The van der Waals surface area contributed by atoms with E-state index in [0.29, 0.717) is 12.5 Å². The fourth-order valence-electron chi connectivity index (χ4n) is 3.01. The fraction of sp³-hybridized carbons (Fsp3) is 0.769. The van der Waals surface area contributed by atoms with Gasteiger partial charge in [0.15, 0.2) is 0 Å². The summed E-state index contributed by atoms with van der Waals surface area (Å²) in [4.78, 5) is 23.1. The quantitative estimate of drug-likeness (QED) is 0.407. The smallest absolute Gasteiger partial charge is 0.312 e. The van der Waals surface area contributed by atoms with Crippen LogP contribution in [0.15, 0.2) is 0 Å². The maximum absolute atomic E-state index is 12.1. The van der Waals surface area contributed by atoms with Gasteiger partial charge in [-0.15, -0.1) is 0 Å². The average Bonchev–Trinajstić information content (AvgIpc) is 2.87. The van der Waals surface area contributed by atoms with E-state index in [4.69, 9.17) is 4.74 Å². The lowest BCUT2D eigenvalue weighted by atomic mass is 9.76. The molecule has 0 saturated heterocycles. The maximum Gasteiger partial charge on any atom is 0.312 e. The van der Waals surface area contributed by atoms with Crippen LogP contribution in [0, 0.1) is 23.7 Å². The van der Waals surface area contributed by atoms with Gasteiger partial charge in [-0.05, 0) is 38.0 Å². The van der Waals surface area contributed by atoms with Crippen molar-refractivity contribution in [3.8, 4) is 0 Å². The summed E-state index contributed by atoms with van der Waals surface area (Å²) < 4.78 is 5.30. The summed E-state index contributed by atoms with van der Waals surface area (Å²) >= 11 is 0. The second-order valence-electron chi connectivity index (χ2n) is 5.00. The predicted octanol–water partition coefficient (Wildman–Crippen LogP) is 2.15. The molecule has 2 aliphatic rings. The zero-order chi connectivity index (χ0) is 11.6.